The topological polar surface area (TPSA) is 75.4 Å². The first-order valence-corrected chi connectivity index (χ1v) is 9.29. The van der Waals surface area contributed by atoms with Crippen LogP contribution in [0.5, 0.6) is 0 Å². The lowest BCUT2D eigenvalue weighted by Gasteiger charge is -2.29. The molecule has 27 heavy (non-hydrogen) atoms. The molecule has 1 N–H and O–H groups in total. The van der Waals surface area contributed by atoms with Crippen LogP contribution in [0.1, 0.15) is 12.0 Å². The summed E-state index contributed by atoms with van der Waals surface area (Å²) in [6.45, 7) is -0.0278. The Bertz CT molecular complexity index is 1000. The van der Waals surface area contributed by atoms with Crippen molar-refractivity contribution >= 4 is 39.1 Å². The van der Waals surface area contributed by atoms with Gasteiger partial charge in [0.1, 0.15) is 6.54 Å². The van der Waals surface area contributed by atoms with E-state index in [-0.39, 0.29) is 18.4 Å². The zero-order valence-electron chi connectivity index (χ0n) is 14.3. The predicted molar refractivity (Wildman–Crippen MR) is 105 cm³/mol. The number of aromatic nitrogens is 1. The van der Waals surface area contributed by atoms with Crippen molar-refractivity contribution in [3.63, 3.8) is 0 Å². The number of nitrogens with one attached hydrogen (secondary N) is 1. The van der Waals surface area contributed by atoms with Gasteiger partial charge in [-0.2, -0.15) is 0 Å². The Labute approximate surface area is 164 Å². The molecule has 0 fully saturated rings. The third-order valence-electron chi connectivity index (χ3n) is 4.41. The molecule has 0 saturated carbocycles. The molecular formula is C20H16BrN3O3. The number of carbonyl (C=O) groups excluding carboxylic acids is 2. The van der Waals surface area contributed by atoms with E-state index in [0.717, 1.165) is 21.3 Å². The van der Waals surface area contributed by atoms with E-state index < -0.39 is 0 Å². The zero-order chi connectivity index (χ0) is 18.8. The average Bonchev–Trinajstić information content (AvgIpc) is 3.19. The van der Waals surface area contributed by atoms with E-state index in [1.807, 2.05) is 36.4 Å². The fourth-order valence-electron chi connectivity index (χ4n) is 3.16. The van der Waals surface area contributed by atoms with Gasteiger partial charge in [-0.15, -0.1) is 0 Å². The van der Waals surface area contributed by atoms with Crippen LogP contribution in [0.15, 0.2) is 63.7 Å². The van der Waals surface area contributed by atoms with Gasteiger partial charge in [0.2, 0.25) is 11.8 Å². The molecular weight excluding hydrogens is 410 g/mol. The third kappa shape index (κ3) is 3.78. The lowest BCUT2D eigenvalue weighted by atomic mass is 10.0. The zero-order valence-corrected chi connectivity index (χ0v) is 15.9. The maximum absolute atomic E-state index is 12.6. The van der Waals surface area contributed by atoms with Crippen LogP contribution in [-0.4, -0.2) is 23.5 Å². The number of fused-ring (bicyclic) bond motifs is 1. The molecule has 2 amide bonds. The molecule has 1 aliphatic heterocycles. The Morgan fingerprint density at radius 2 is 2.07 bits per heavy atom. The van der Waals surface area contributed by atoms with Gasteiger partial charge in [-0.25, -0.2) is 0 Å². The molecule has 136 valence electrons. The Hall–Kier alpha value is -2.93. The van der Waals surface area contributed by atoms with Crippen molar-refractivity contribution in [2.24, 2.45) is 0 Å². The summed E-state index contributed by atoms with van der Waals surface area (Å²) < 4.78 is 6.11. The molecule has 0 unspecified atom stereocenters. The minimum Gasteiger partial charge on any atom is -0.356 e. The number of carbonyl (C=O) groups is 2. The molecule has 7 heteroatoms. The molecule has 0 spiro atoms. The summed E-state index contributed by atoms with van der Waals surface area (Å²) in [6, 6.07) is 14.8. The summed E-state index contributed by atoms with van der Waals surface area (Å²) >= 11 is 3.45. The van der Waals surface area contributed by atoms with Gasteiger partial charge in [-0.05, 0) is 42.3 Å². The van der Waals surface area contributed by atoms with E-state index in [1.165, 1.54) is 0 Å². The largest absolute Gasteiger partial charge is 0.356 e. The number of benzene rings is 2. The van der Waals surface area contributed by atoms with Crippen molar-refractivity contribution in [3.8, 4) is 11.3 Å². The highest BCUT2D eigenvalue weighted by Gasteiger charge is 2.26. The van der Waals surface area contributed by atoms with E-state index in [2.05, 4.69) is 26.4 Å². The van der Waals surface area contributed by atoms with Crippen LogP contribution in [-0.2, 0) is 16.0 Å². The van der Waals surface area contributed by atoms with Crippen LogP contribution in [0.4, 0.5) is 11.4 Å². The van der Waals surface area contributed by atoms with Crippen molar-refractivity contribution in [2.45, 2.75) is 12.8 Å². The van der Waals surface area contributed by atoms with E-state index in [1.54, 1.807) is 23.2 Å². The molecule has 2 aromatic carbocycles. The fraction of sp³-hybridized carbons (Fsp3) is 0.150. The lowest BCUT2D eigenvalue weighted by molar-refractivity contribution is -0.121. The Kier molecular flexibility index (Phi) is 4.77. The number of hydrogen-bond acceptors (Lipinski definition) is 4. The van der Waals surface area contributed by atoms with Crippen LogP contribution in [0.25, 0.3) is 11.3 Å². The van der Waals surface area contributed by atoms with E-state index in [9.17, 15) is 9.59 Å². The minimum absolute atomic E-state index is 0.0278. The Balaban J connectivity index is 1.50. The summed E-state index contributed by atoms with van der Waals surface area (Å²) in [4.78, 5) is 26.4. The average molecular weight is 426 g/mol. The molecule has 0 bridgehead atoms. The number of anilines is 2. The Morgan fingerprint density at radius 3 is 2.89 bits per heavy atom. The molecule has 2 heterocycles. The number of hydrogen-bond donors (Lipinski definition) is 1. The maximum atomic E-state index is 12.6. The summed E-state index contributed by atoms with van der Waals surface area (Å²) in [6.07, 6.45) is 2.65. The Morgan fingerprint density at radius 1 is 1.19 bits per heavy atom. The quantitative estimate of drug-likeness (QED) is 0.684. The van der Waals surface area contributed by atoms with Gasteiger partial charge < -0.3 is 14.7 Å². The minimum atomic E-state index is -0.256. The van der Waals surface area contributed by atoms with Gasteiger partial charge in [0.25, 0.3) is 0 Å². The predicted octanol–water partition coefficient (Wildman–Crippen LogP) is 4.02. The molecule has 0 atom stereocenters. The number of rotatable bonds is 4. The summed E-state index contributed by atoms with van der Waals surface area (Å²) in [5.41, 5.74) is 3.30. The standard InChI is InChI=1S/C20H16BrN3O3/c21-15-5-6-17-13(10-15)4-7-20(26)24(17)12-19(25)23-16-3-1-2-14(11-16)18-8-9-22-27-18/h1-3,5-6,8-11H,4,7,12H2,(H,23,25). The van der Waals surface area contributed by atoms with Gasteiger partial charge in [-0.1, -0.05) is 33.2 Å². The SMILES string of the molecule is O=C(CN1C(=O)CCc2cc(Br)ccc21)Nc1cccc(-c2ccno2)c1. The molecule has 4 rings (SSSR count). The maximum Gasteiger partial charge on any atom is 0.244 e. The van der Waals surface area contributed by atoms with Gasteiger partial charge in [0.15, 0.2) is 5.76 Å². The highest BCUT2D eigenvalue weighted by molar-refractivity contribution is 9.10. The second kappa shape index (κ2) is 7.36. The second-order valence-corrected chi connectivity index (χ2v) is 7.17. The van der Waals surface area contributed by atoms with Crippen molar-refractivity contribution < 1.29 is 14.1 Å². The number of nitrogens with zero attached hydrogens (tertiary/aromatic N) is 2. The molecule has 6 nitrogen and oxygen atoms in total. The number of amides is 2. The number of halogens is 1. The van der Waals surface area contributed by atoms with Gasteiger partial charge in [-0.3, -0.25) is 9.59 Å². The van der Waals surface area contributed by atoms with Crippen LogP contribution in [0, 0.1) is 0 Å². The number of aryl methyl sites for hydroxylation is 1. The van der Waals surface area contributed by atoms with Crippen molar-refractivity contribution in [3.05, 3.63) is 64.8 Å². The van der Waals surface area contributed by atoms with Gasteiger partial charge in [0, 0.05) is 33.9 Å². The van der Waals surface area contributed by atoms with E-state index >= 15 is 0 Å². The van der Waals surface area contributed by atoms with E-state index in [4.69, 9.17) is 4.52 Å². The molecule has 1 aromatic heterocycles. The lowest BCUT2D eigenvalue weighted by Crippen LogP contribution is -2.40. The fourth-order valence-corrected chi connectivity index (χ4v) is 3.57. The molecule has 1 aliphatic rings. The molecule has 0 radical (unpaired) electrons. The molecule has 0 saturated heterocycles. The van der Waals surface area contributed by atoms with Crippen molar-refractivity contribution in [1.82, 2.24) is 5.16 Å². The summed E-state index contributed by atoms with van der Waals surface area (Å²) in [5, 5.41) is 6.54. The normalized spacial score (nSPS) is 13.4. The first kappa shape index (κ1) is 17.5. The first-order chi connectivity index (χ1) is 13.1. The van der Waals surface area contributed by atoms with Gasteiger partial charge >= 0.3 is 0 Å². The third-order valence-corrected chi connectivity index (χ3v) is 4.91. The van der Waals surface area contributed by atoms with Crippen LogP contribution < -0.4 is 10.2 Å². The highest BCUT2D eigenvalue weighted by Crippen LogP contribution is 2.30. The molecule has 3 aromatic rings. The summed E-state index contributed by atoms with van der Waals surface area (Å²) in [5.74, 6) is 0.320. The van der Waals surface area contributed by atoms with Crippen LogP contribution >= 0.6 is 15.9 Å². The van der Waals surface area contributed by atoms with E-state index in [0.29, 0.717) is 24.3 Å². The molecule has 0 aliphatic carbocycles. The van der Waals surface area contributed by atoms with Crippen LogP contribution in [0.2, 0.25) is 0 Å². The van der Waals surface area contributed by atoms with Crippen LogP contribution in [0.3, 0.4) is 0 Å². The summed E-state index contributed by atoms with van der Waals surface area (Å²) in [7, 11) is 0. The first-order valence-electron chi connectivity index (χ1n) is 8.50. The van der Waals surface area contributed by atoms with Crippen molar-refractivity contribution in [2.75, 3.05) is 16.8 Å². The monoisotopic (exact) mass is 425 g/mol. The smallest absolute Gasteiger partial charge is 0.244 e. The second-order valence-electron chi connectivity index (χ2n) is 6.26. The highest BCUT2D eigenvalue weighted by atomic mass is 79.9. The van der Waals surface area contributed by atoms with Gasteiger partial charge in [0.05, 0.1) is 6.20 Å². The van der Waals surface area contributed by atoms with Crippen molar-refractivity contribution in [1.29, 1.82) is 0 Å².